The highest BCUT2D eigenvalue weighted by Crippen LogP contribution is 2.33. The lowest BCUT2D eigenvalue weighted by molar-refractivity contribution is -0.617. The summed E-state index contributed by atoms with van der Waals surface area (Å²) in [6.07, 6.45) is -0.441. The summed E-state index contributed by atoms with van der Waals surface area (Å²) in [7, 11) is -2.24. The summed E-state index contributed by atoms with van der Waals surface area (Å²) in [5, 5.41) is 4.05. The van der Waals surface area contributed by atoms with E-state index in [0.717, 1.165) is 21.8 Å². The molecule has 0 bridgehead atoms. The van der Waals surface area contributed by atoms with Crippen LogP contribution >= 0.6 is 7.60 Å². The molecule has 0 fully saturated rings. The van der Waals surface area contributed by atoms with Crippen molar-refractivity contribution >= 4 is 41.3 Å². The third kappa shape index (κ3) is 5.65. The van der Waals surface area contributed by atoms with E-state index >= 15 is 0 Å². The second-order valence-corrected chi connectivity index (χ2v) is 10.2. The van der Waals surface area contributed by atoms with Crippen molar-refractivity contribution < 1.29 is 50.2 Å². The van der Waals surface area contributed by atoms with Crippen LogP contribution in [0.2, 0.25) is 0 Å². The molecule has 3 N–H and O–H groups in total. The summed E-state index contributed by atoms with van der Waals surface area (Å²) in [6, 6.07) is 18.5. The van der Waals surface area contributed by atoms with Crippen molar-refractivity contribution in [1.29, 1.82) is 0 Å². The molecular weight excluding hydrogens is 547 g/mol. The molecule has 8 nitrogen and oxygen atoms in total. The number of benzene rings is 3. The van der Waals surface area contributed by atoms with Crippen molar-refractivity contribution in [2.45, 2.75) is 13.8 Å². The molecule has 188 valence electrons. The Morgan fingerprint density at radius 1 is 0.944 bits per heavy atom. The van der Waals surface area contributed by atoms with Gasteiger partial charge in [0.1, 0.15) is 12.8 Å². The lowest BCUT2D eigenvalue weighted by atomic mass is 10.0. The highest BCUT2D eigenvalue weighted by Gasteiger charge is 2.25. The number of aromatic nitrogens is 1. The first-order valence-electron chi connectivity index (χ1n) is 11.0. The Kier molecular flexibility index (Phi) is 8.31. The predicted octanol–water partition coefficient (Wildman–Crippen LogP) is 0.565. The maximum atomic E-state index is 13.5. The molecule has 1 heterocycles. The van der Waals surface area contributed by atoms with Crippen molar-refractivity contribution in [1.82, 2.24) is 5.32 Å². The highest BCUT2D eigenvalue weighted by atomic mass is 79.9. The van der Waals surface area contributed by atoms with E-state index in [0.29, 0.717) is 28.0 Å². The zero-order valence-electron chi connectivity index (χ0n) is 20.0. The van der Waals surface area contributed by atoms with Crippen LogP contribution in [0.15, 0.2) is 60.7 Å². The molecule has 4 aromatic rings. The van der Waals surface area contributed by atoms with Gasteiger partial charge in [-0.3, -0.25) is 9.36 Å². The van der Waals surface area contributed by atoms with E-state index in [1.807, 2.05) is 60.1 Å². The van der Waals surface area contributed by atoms with Gasteiger partial charge in [0, 0.05) is 24.2 Å². The number of carbonyl (C=O) groups is 2. The van der Waals surface area contributed by atoms with Gasteiger partial charge < -0.3 is 36.8 Å². The van der Waals surface area contributed by atoms with Crippen LogP contribution < -0.4 is 31.6 Å². The van der Waals surface area contributed by atoms with E-state index in [4.69, 9.17) is 14.5 Å². The van der Waals surface area contributed by atoms with Gasteiger partial charge in [0.05, 0.1) is 22.5 Å². The van der Waals surface area contributed by atoms with Crippen LogP contribution in [0.3, 0.4) is 0 Å². The topological polar surface area (TPSA) is 117 Å². The van der Waals surface area contributed by atoms with Crippen molar-refractivity contribution in [3.05, 3.63) is 82.9 Å². The molecule has 10 heteroatoms. The van der Waals surface area contributed by atoms with E-state index in [-0.39, 0.29) is 23.5 Å². The summed E-state index contributed by atoms with van der Waals surface area (Å²) in [5.74, 6) is -0.596. The number of halogens is 1. The number of hydrogen-bond donors (Lipinski definition) is 3. The quantitative estimate of drug-likeness (QED) is 0.102. The molecule has 0 saturated carbocycles. The van der Waals surface area contributed by atoms with Crippen LogP contribution in [-0.4, -0.2) is 34.4 Å². The maximum Gasteiger partial charge on any atom is 0.345 e. The van der Waals surface area contributed by atoms with Gasteiger partial charge in [0.25, 0.3) is 5.91 Å². The summed E-state index contributed by atoms with van der Waals surface area (Å²) in [4.78, 5) is 43.9. The Labute approximate surface area is 218 Å². The number of nitrogens with one attached hydrogen (secondary N) is 1. The molecule has 0 atom stereocenters. The predicted molar refractivity (Wildman–Crippen MR) is 133 cm³/mol. The number of esters is 1. The molecule has 0 aliphatic carbocycles. The lowest BCUT2D eigenvalue weighted by Gasteiger charge is -2.15. The van der Waals surface area contributed by atoms with E-state index in [1.54, 1.807) is 26.0 Å². The highest BCUT2D eigenvalue weighted by molar-refractivity contribution is 7.51. The van der Waals surface area contributed by atoms with E-state index in [2.05, 4.69) is 5.32 Å². The van der Waals surface area contributed by atoms with Gasteiger partial charge in [0.2, 0.25) is 11.0 Å². The molecule has 0 unspecified atom stereocenters. The standard InChI is InChI=1S/C26H25N2O6P.BrH/c1-16-14-18(25(29)27-12-13-35(31,32)33)15-17(2)24(16)34-26(30)23-19-8-4-6-10-21(19)28(3)22-11-7-5-9-20(22)23;/h4-11,14-15H,12-13H2,1-3H3,(H2-,27,29,31,32,33);1H. The van der Waals surface area contributed by atoms with Crippen molar-refractivity contribution in [3.8, 4) is 5.75 Å². The van der Waals surface area contributed by atoms with Crippen molar-refractivity contribution in [3.63, 3.8) is 0 Å². The Morgan fingerprint density at radius 3 is 1.94 bits per heavy atom. The minimum absolute atomic E-state index is 0. The molecule has 0 aliphatic rings. The molecule has 36 heavy (non-hydrogen) atoms. The third-order valence-electron chi connectivity index (χ3n) is 5.88. The SMILES string of the molecule is Cc1cc(C(=O)NCCP(=O)(O)O)cc(C)c1OC(=O)c1c2ccccc2[n+](C)c2ccccc12.[Br-]. The molecule has 4 rings (SSSR count). The average Bonchev–Trinajstić information content (AvgIpc) is 2.80. The van der Waals surface area contributed by atoms with Gasteiger partial charge in [-0.15, -0.1) is 0 Å². The largest absolute Gasteiger partial charge is 1.00 e. The number of pyridine rings is 1. The smallest absolute Gasteiger partial charge is 0.345 e. The van der Waals surface area contributed by atoms with Gasteiger partial charge in [-0.1, -0.05) is 24.3 Å². The molecule has 1 aromatic heterocycles. The Morgan fingerprint density at radius 2 is 1.44 bits per heavy atom. The summed E-state index contributed by atoms with van der Waals surface area (Å²) in [5.41, 5.74) is 3.76. The molecular formula is C26H26BrN2O6P. The molecule has 0 spiro atoms. The number of carbonyl (C=O) groups excluding carboxylic acids is 2. The first-order chi connectivity index (χ1) is 16.6. The number of aryl methyl sites for hydroxylation is 3. The number of rotatable bonds is 6. The molecule has 1 amide bonds. The van der Waals surface area contributed by atoms with Gasteiger partial charge in [-0.05, 0) is 49.2 Å². The van der Waals surface area contributed by atoms with Crippen LogP contribution in [0.25, 0.3) is 21.8 Å². The monoisotopic (exact) mass is 572 g/mol. The van der Waals surface area contributed by atoms with E-state index in [9.17, 15) is 14.2 Å². The summed E-state index contributed by atoms with van der Waals surface area (Å²) < 4.78 is 18.9. The molecule has 0 radical (unpaired) electrons. The molecule has 3 aromatic carbocycles. The van der Waals surface area contributed by atoms with E-state index in [1.165, 1.54) is 0 Å². The Balaban J connectivity index is 0.00000361. The van der Waals surface area contributed by atoms with Crippen LogP contribution in [0.4, 0.5) is 0 Å². The number of ether oxygens (including phenoxy) is 1. The number of para-hydroxylation sites is 2. The fourth-order valence-electron chi connectivity index (χ4n) is 4.25. The minimum Gasteiger partial charge on any atom is -1.00 e. The van der Waals surface area contributed by atoms with Crippen LogP contribution in [0, 0.1) is 13.8 Å². The minimum atomic E-state index is -4.20. The van der Waals surface area contributed by atoms with Gasteiger partial charge >= 0.3 is 13.6 Å². The second kappa shape index (κ2) is 10.9. The summed E-state index contributed by atoms with van der Waals surface area (Å²) >= 11 is 0. The zero-order chi connectivity index (χ0) is 25.3. The van der Waals surface area contributed by atoms with Gasteiger partial charge in [-0.2, -0.15) is 4.57 Å². The zero-order valence-corrected chi connectivity index (χ0v) is 22.5. The van der Waals surface area contributed by atoms with Crippen molar-refractivity contribution in [2.75, 3.05) is 12.7 Å². The van der Waals surface area contributed by atoms with Crippen LogP contribution in [0.5, 0.6) is 5.75 Å². The lowest BCUT2D eigenvalue weighted by Crippen LogP contribution is -3.00. The normalized spacial score (nSPS) is 11.2. The first-order valence-corrected chi connectivity index (χ1v) is 12.8. The molecule has 0 saturated heterocycles. The second-order valence-electron chi connectivity index (χ2n) is 8.44. The number of nitrogens with zero attached hydrogens (tertiary/aromatic N) is 1. The maximum absolute atomic E-state index is 13.5. The third-order valence-corrected chi connectivity index (χ3v) is 6.69. The fraction of sp³-hybridized carbons (Fsp3) is 0.192. The van der Waals surface area contributed by atoms with Crippen molar-refractivity contribution in [2.24, 2.45) is 7.05 Å². The van der Waals surface area contributed by atoms with Crippen LogP contribution in [-0.2, 0) is 11.6 Å². The first kappa shape index (κ1) is 27.5. The Bertz CT molecular complexity index is 1450. The van der Waals surface area contributed by atoms with E-state index < -0.39 is 25.6 Å². The average molecular weight is 573 g/mol. The number of fused-ring (bicyclic) bond motifs is 2. The van der Waals surface area contributed by atoms with Gasteiger partial charge in [-0.25, -0.2) is 4.79 Å². The fourth-order valence-corrected chi connectivity index (χ4v) is 4.66. The Hall–Kier alpha value is -3.10. The molecule has 0 aliphatic heterocycles. The summed E-state index contributed by atoms with van der Waals surface area (Å²) in [6.45, 7) is 3.33. The number of amides is 1. The van der Waals surface area contributed by atoms with Crippen LogP contribution in [0.1, 0.15) is 31.8 Å². The number of hydrogen-bond acceptors (Lipinski definition) is 4. The van der Waals surface area contributed by atoms with Gasteiger partial charge in [0.15, 0.2) is 0 Å².